The molecule has 2 unspecified atom stereocenters. The fraction of sp³-hybridized carbons (Fsp3) is 0.875. The van der Waals surface area contributed by atoms with Crippen LogP contribution in [0.25, 0.3) is 0 Å². The van der Waals surface area contributed by atoms with E-state index in [0.717, 1.165) is 0 Å². The van der Waals surface area contributed by atoms with Gasteiger partial charge in [-0.2, -0.15) is 37.9 Å². The van der Waals surface area contributed by atoms with E-state index < -0.39 is 26.0 Å². The molecule has 0 aliphatic carbocycles. The van der Waals surface area contributed by atoms with Crippen LogP contribution in [-0.2, 0) is 14.4 Å². The largest absolute Gasteiger partial charge is 0.350 e. The van der Waals surface area contributed by atoms with Gasteiger partial charge in [0.15, 0.2) is 0 Å². The van der Waals surface area contributed by atoms with Crippen molar-refractivity contribution in [1.82, 2.24) is 10.6 Å². The van der Waals surface area contributed by atoms with Gasteiger partial charge in [-0.1, -0.05) is 34.6 Å². The number of hydrogen-bond acceptors (Lipinski definition) is 6. The summed E-state index contributed by atoms with van der Waals surface area (Å²) in [5.41, 5.74) is -1.83. The van der Waals surface area contributed by atoms with Gasteiger partial charge in [0.1, 0.15) is 5.78 Å². The van der Waals surface area contributed by atoms with Crippen LogP contribution in [0.3, 0.4) is 0 Å². The number of thiol groups is 3. The molecule has 5 nitrogen and oxygen atoms in total. The number of carbonyl (C=O) groups excluding carboxylic acids is 3. The number of ketones is 1. The fourth-order valence-electron chi connectivity index (χ4n) is 4.51. The second-order valence-electron chi connectivity index (χ2n) is 12.2. The third kappa shape index (κ3) is 10.7. The predicted molar refractivity (Wildman–Crippen MR) is 145 cm³/mol. The summed E-state index contributed by atoms with van der Waals surface area (Å²) in [5.74, 6) is -0.380. The number of nitrogens with one attached hydrogen (secondary N) is 2. The van der Waals surface area contributed by atoms with Gasteiger partial charge in [-0.15, -0.1) is 0 Å². The average molecular weight is 507 g/mol. The van der Waals surface area contributed by atoms with Gasteiger partial charge in [0.2, 0.25) is 11.8 Å². The molecule has 0 aromatic carbocycles. The molecule has 0 bridgehead atoms. The summed E-state index contributed by atoms with van der Waals surface area (Å²) in [6.07, 6.45) is 1.72. The second-order valence-corrected chi connectivity index (χ2v) is 15.4. The van der Waals surface area contributed by atoms with E-state index in [0.29, 0.717) is 25.7 Å². The molecule has 2 atom stereocenters. The van der Waals surface area contributed by atoms with Gasteiger partial charge < -0.3 is 10.6 Å². The van der Waals surface area contributed by atoms with E-state index in [9.17, 15) is 14.4 Å². The van der Waals surface area contributed by atoms with Crippen molar-refractivity contribution in [1.29, 1.82) is 0 Å². The molecule has 2 amide bonds. The van der Waals surface area contributed by atoms with Crippen LogP contribution in [0.5, 0.6) is 0 Å². The van der Waals surface area contributed by atoms with Crippen LogP contribution in [0.2, 0.25) is 0 Å². The van der Waals surface area contributed by atoms with Crippen molar-refractivity contribution in [2.24, 2.45) is 5.41 Å². The number of amides is 2. The van der Waals surface area contributed by atoms with E-state index in [1.807, 2.05) is 62.3 Å². The Morgan fingerprint density at radius 2 is 0.969 bits per heavy atom. The first-order valence-electron chi connectivity index (χ1n) is 11.2. The van der Waals surface area contributed by atoms with E-state index in [4.69, 9.17) is 0 Å². The van der Waals surface area contributed by atoms with Crippen molar-refractivity contribution in [2.45, 2.75) is 127 Å². The molecule has 2 N–H and O–H groups in total. The highest BCUT2D eigenvalue weighted by Crippen LogP contribution is 2.35. The monoisotopic (exact) mass is 506 g/mol. The maximum Gasteiger partial charge on any atom is 0.236 e. The van der Waals surface area contributed by atoms with E-state index in [1.165, 1.54) is 0 Å². The maximum atomic E-state index is 13.1. The number of hydrogen-bond donors (Lipinski definition) is 5. The lowest BCUT2D eigenvalue weighted by Crippen LogP contribution is -2.58. The van der Waals surface area contributed by atoms with Gasteiger partial charge in [0.25, 0.3) is 0 Å². The van der Waals surface area contributed by atoms with Gasteiger partial charge in [0.05, 0.1) is 9.49 Å². The van der Waals surface area contributed by atoms with Crippen LogP contribution in [0.1, 0.15) is 102 Å². The Labute approximate surface area is 212 Å². The number of Topliss-reactive ketones (excluding diaryl/α,β-unsaturated/α-hetero) is 1. The Hall–Kier alpha value is -0.340. The van der Waals surface area contributed by atoms with Crippen LogP contribution >= 0.6 is 37.9 Å². The zero-order valence-corrected chi connectivity index (χ0v) is 24.6. The lowest BCUT2D eigenvalue weighted by molar-refractivity contribution is -0.130. The summed E-state index contributed by atoms with van der Waals surface area (Å²) in [4.78, 5) is 38.4. The van der Waals surface area contributed by atoms with E-state index in [-0.39, 0.29) is 22.3 Å². The highest BCUT2D eigenvalue weighted by Gasteiger charge is 2.43. The molecule has 0 fully saturated rings. The molecule has 0 saturated heterocycles. The van der Waals surface area contributed by atoms with Gasteiger partial charge in [-0.05, 0) is 60.8 Å². The average Bonchev–Trinajstić information content (AvgIpc) is 2.48. The minimum atomic E-state index is -1.04. The van der Waals surface area contributed by atoms with Gasteiger partial charge in [-0.25, -0.2) is 0 Å². The molecule has 0 rings (SSSR count). The summed E-state index contributed by atoms with van der Waals surface area (Å²) in [7, 11) is 0. The lowest BCUT2D eigenvalue weighted by Gasteiger charge is -2.40. The standard InChI is InChI=1S/C24H46N2O3S3/c1-12-16(27)19(2,3)13-23(10,31)17(28)26-21(6,7)15-24(11,32)18(29)25-20(4,5)14-22(8,9)30/h30-32H,12-15H2,1-11H3,(H,25,29)(H,26,28). The van der Waals surface area contributed by atoms with Crippen LogP contribution in [-0.4, -0.2) is 42.9 Å². The van der Waals surface area contributed by atoms with Crippen molar-refractivity contribution in [3.8, 4) is 0 Å². The number of rotatable bonds is 12. The first kappa shape index (κ1) is 31.7. The molecule has 0 spiro atoms. The van der Waals surface area contributed by atoms with Crippen LogP contribution < -0.4 is 10.6 Å². The number of carbonyl (C=O) groups is 3. The topological polar surface area (TPSA) is 75.3 Å². The van der Waals surface area contributed by atoms with Crippen molar-refractivity contribution in [2.75, 3.05) is 0 Å². The molecule has 0 aliphatic heterocycles. The van der Waals surface area contributed by atoms with Crippen LogP contribution in [0, 0.1) is 5.41 Å². The minimum absolute atomic E-state index is 0.0939. The SMILES string of the molecule is CCC(=O)C(C)(C)CC(C)(S)C(=O)NC(C)(C)CC(C)(S)C(=O)NC(C)(C)CC(C)(C)S. The summed E-state index contributed by atoms with van der Waals surface area (Å²) < 4.78 is -2.29. The zero-order valence-electron chi connectivity index (χ0n) is 21.9. The Morgan fingerprint density at radius 1 is 0.625 bits per heavy atom. The van der Waals surface area contributed by atoms with Crippen molar-refractivity contribution >= 4 is 55.5 Å². The molecule has 32 heavy (non-hydrogen) atoms. The minimum Gasteiger partial charge on any atom is -0.350 e. The fourth-order valence-corrected chi connectivity index (χ4v) is 5.81. The highest BCUT2D eigenvalue weighted by molar-refractivity contribution is 7.83. The molecule has 0 aromatic heterocycles. The van der Waals surface area contributed by atoms with Gasteiger partial charge >= 0.3 is 0 Å². The molecule has 0 radical (unpaired) electrons. The molecule has 188 valence electrons. The predicted octanol–water partition coefficient (Wildman–Crippen LogP) is 5.04. The molecular formula is C24H46N2O3S3. The van der Waals surface area contributed by atoms with E-state index in [1.54, 1.807) is 13.8 Å². The first-order valence-corrected chi connectivity index (χ1v) is 12.6. The molecule has 0 saturated carbocycles. The third-order valence-corrected chi connectivity index (χ3v) is 6.29. The van der Waals surface area contributed by atoms with E-state index >= 15 is 0 Å². The Bertz CT molecular complexity index is 706. The quantitative estimate of drug-likeness (QED) is 0.241. The van der Waals surface area contributed by atoms with Crippen LogP contribution in [0.15, 0.2) is 0 Å². The zero-order chi connectivity index (χ0) is 26.0. The molecule has 8 heteroatoms. The normalized spacial score (nSPS) is 17.2. The Balaban J connectivity index is 5.33. The maximum absolute atomic E-state index is 13.1. The smallest absolute Gasteiger partial charge is 0.236 e. The summed E-state index contributed by atoms with van der Waals surface area (Å²) >= 11 is 13.8. The lowest BCUT2D eigenvalue weighted by atomic mass is 9.77. The summed E-state index contributed by atoms with van der Waals surface area (Å²) in [6.45, 7) is 20.6. The van der Waals surface area contributed by atoms with Crippen molar-refractivity contribution in [3.05, 3.63) is 0 Å². The van der Waals surface area contributed by atoms with Crippen LogP contribution in [0.4, 0.5) is 0 Å². The molecule has 0 aliphatic rings. The summed E-state index contributed by atoms with van der Waals surface area (Å²) in [5, 5.41) is 6.10. The first-order chi connectivity index (χ1) is 13.9. The molecule has 0 aromatic rings. The second kappa shape index (κ2) is 10.5. The third-order valence-electron chi connectivity index (χ3n) is 5.41. The van der Waals surface area contributed by atoms with E-state index in [2.05, 4.69) is 48.5 Å². The van der Waals surface area contributed by atoms with Crippen molar-refractivity contribution in [3.63, 3.8) is 0 Å². The molecule has 0 heterocycles. The Morgan fingerprint density at radius 3 is 1.31 bits per heavy atom. The summed E-state index contributed by atoms with van der Waals surface area (Å²) in [6, 6.07) is 0. The van der Waals surface area contributed by atoms with Gasteiger partial charge in [0, 0.05) is 27.7 Å². The molecular weight excluding hydrogens is 460 g/mol. The van der Waals surface area contributed by atoms with Gasteiger partial charge in [-0.3, -0.25) is 14.4 Å². The van der Waals surface area contributed by atoms with Crippen molar-refractivity contribution < 1.29 is 14.4 Å². The highest BCUT2D eigenvalue weighted by atomic mass is 32.1. The Kier molecular flexibility index (Phi) is 10.4.